The summed E-state index contributed by atoms with van der Waals surface area (Å²) < 4.78 is 6.52. The molecule has 2 saturated heterocycles. The predicted molar refractivity (Wildman–Crippen MR) is 110 cm³/mol. The Labute approximate surface area is 175 Å². The minimum absolute atomic E-state index is 0.292. The molecule has 5 rings (SSSR count). The highest BCUT2D eigenvalue weighted by Crippen LogP contribution is 2.48. The van der Waals surface area contributed by atoms with Gasteiger partial charge in [-0.15, -0.1) is 0 Å². The second kappa shape index (κ2) is 6.86. The molecular weight excluding hydrogens is 436 g/mol. The zero-order valence-corrected chi connectivity index (χ0v) is 17.1. The van der Waals surface area contributed by atoms with Crippen LogP contribution < -0.4 is 9.96 Å². The number of fused-ring (bicyclic) bond motifs is 1. The molecule has 0 aliphatic carbocycles. The molecule has 2 aromatic carbocycles. The van der Waals surface area contributed by atoms with E-state index in [9.17, 15) is 9.59 Å². The van der Waals surface area contributed by atoms with Crippen LogP contribution in [0.25, 0.3) is 0 Å². The Morgan fingerprint density at radius 3 is 2.38 bits per heavy atom. The monoisotopic (exact) mass is 452 g/mol. The van der Waals surface area contributed by atoms with E-state index in [0.717, 1.165) is 15.7 Å². The van der Waals surface area contributed by atoms with Gasteiger partial charge in [-0.25, -0.2) is 9.96 Å². The van der Waals surface area contributed by atoms with Gasteiger partial charge in [0.2, 0.25) is 5.91 Å². The summed E-state index contributed by atoms with van der Waals surface area (Å²) in [6.45, 7) is 1.96. The molecule has 0 radical (unpaired) electrons. The number of amides is 2. The van der Waals surface area contributed by atoms with Crippen LogP contribution in [-0.2, 0) is 14.4 Å². The molecule has 0 unspecified atom stereocenters. The van der Waals surface area contributed by atoms with Crippen molar-refractivity contribution < 1.29 is 18.8 Å². The first-order chi connectivity index (χ1) is 14.1. The molecule has 2 aliphatic heterocycles. The molecule has 2 fully saturated rings. The number of hydrogen-bond donors (Lipinski definition) is 0. The maximum Gasteiger partial charge on any atom is 0.266 e. The highest BCUT2D eigenvalue weighted by atomic mass is 79.9. The van der Waals surface area contributed by atoms with Crippen LogP contribution in [0.3, 0.4) is 0 Å². The molecule has 2 amide bonds. The van der Waals surface area contributed by atoms with Crippen LogP contribution >= 0.6 is 15.9 Å². The number of rotatable bonds is 3. The third kappa shape index (κ3) is 2.81. The second-order valence-electron chi connectivity index (χ2n) is 7.11. The molecule has 0 spiro atoms. The summed E-state index contributed by atoms with van der Waals surface area (Å²) >= 11 is 3.38. The maximum atomic E-state index is 13.4. The Kier molecular flexibility index (Phi) is 4.29. The first kappa shape index (κ1) is 18.1. The fourth-order valence-corrected chi connectivity index (χ4v) is 4.29. The van der Waals surface area contributed by atoms with Crippen LogP contribution in [0.5, 0.6) is 0 Å². The number of hydrogen-bond acceptors (Lipinski definition) is 5. The SMILES string of the molecule is Cc1ccccc1N1O[C@H]2C(=O)N(c3ccc(Br)cc3)C(=O)[C@@H]2[C@@H]1c1ccco1. The standard InChI is InChI=1S/C22H17BrN2O4/c1-13-5-2-3-6-16(13)25-19(17-7-4-12-28-17)18-20(29-25)22(27)24(21(18)26)15-10-8-14(23)9-11-15/h2-12,18-20H,1H3/t18-,19+,20-/m1/s1. The largest absolute Gasteiger partial charge is 0.467 e. The van der Waals surface area contributed by atoms with Crippen LogP contribution in [-0.4, -0.2) is 17.9 Å². The Morgan fingerprint density at radius 2 is 1.69 bits per heavy atom. The average Bonchev–Trinajstić information content (AvgIpc) is 3.41. The highest BCUT2D eigenvalue weighted by Gasteiger charge is 2.61. The summed E-state index contributed by atoms with van der Waals surface area (Å²) in [5, 5.41) is 1.65. The van der Waals surface area contributed by atoms with Gasteiger partial charge in [0.05, 0.1) is 17.6 Å². The smallest absolute Gasteiger partial charge is 0.266 e. The number of aryl methyl sites for hydroxylation is 1. The summed E-state index contributed by atoms with van der Waals surface area (Å²) in [4.78, 5) is 33.9. The molecule has 2 aliphatic rings. The average molecular weight is 453 g/mol. The number of carbonyl (C=O) groups is 2. The van der Waals surface area contributed by atoms with E-state index in [1.165, 1.54) is 4.90 Å². The zero-order chi connectivity index (χ0) is 20.1. The van der Waals surface area contributed by atoms with Gasteiger partial charge in [-0.2, -0.15) is 0 Å². The normalized spacial score (nSPS) is 23.7. The van der Waals surface area contributed by atoms with Gasteiger partial charge in [-0.3, -0.25) is 14.4 Å². The fraction of sp³-hybridized carbons (Fsp3) is 0.182. The lowest BCUT2D eigenvalue weighted by Gasteiger charge is -2.28. The molecular formula is C22H17BrN2O4. The van der Waals surface area contributed by atoms with E-state index in [1.807, 2.05) is 37.3 Å². The number of para-hydroxylation sites is 1. The summed E-state index contributed by atoms with van der Waals surface area (Å²) in [6.07, 6.45) is 0.660. The van der Waals surface area contributed by atoms with Crippen LogP contribution in [0.15, 0.2) is 75.8 Å². The molecule has 0 saturated carbocycles. The van der Waals surface area contributed by atoms with Crippen LogP contribution in [0.1, 0.15) is 17.4 Å². The van der Waals surface area contributed by atoms with Crippen LogP contribution in [0.4, 0.5) is 11.4 Å². The van der Waals surface area contributed by atoms with Crippen molar-refractivity contribution in [2.45, 2.75) is 19.1 Å². The molecule has 1 aromatic heterocycles. The third-order valence-corrected chi connectivity index (χ3v) is 5.92. The zero-order valence-electron chi connectivity index (χ0n) is 15.5. The van der Waals surface area contributed by atoms with E-state index in [2.05, 4.69) is 15.9 Å². The summed E-state index contributed by atoms with van der Waals surface area (Å²) in [7, 11) is 0. The number of imide groups is 1. The van der Waals surface area contributed by atoms with Gasteiger partial charge in [0, 0.05) is 4.47 Å². The molecule has 146 valence electrons. The number of nitrogens with zero attached hydrogens (tertiary/aromatic N) is 2. The van der Waals surface area contributed by atoms with Gasteiger partial charge in [-0.1, -0.05) is 34.1 Å². The van der Waals surface area contributed by atoms with E-state index in [1.54, 1.807) is 41.7 Å². The highest BCUT2D eigenvalue weighted by molar-refractivity contribution is 9.10. The minimum Gasteiger partial charge on any atom is -0.467 e. The maximum absolute atomic E-state index is 13.4. The number of halogens is 1. The Bertz CT molecular complexity index is 1080. The van der Waals surface area contributed by atoms with Crippen molar-refractivity contribution in [2.75, 3.05) is 9.96 Å². The van der Waals surface area contributed by atoms with Gasteiger partial charge >= 0.3 is 0 Å². The number of anilines is 2. The fourth-order valence-electron chi connectivity index (χ4n) is 4.03. The lowest BCUT2D eigenvalue weighted by molar-refractivity contribution is -0.126. The van der Waals surface area contributed by atoms with Gasteiger partial charge < -0.3 is 4.42 Å². The predicted octanol–water partition coefficient (Wildman–Crippen LogP) is 4.40. The Balaban J connectivity index is 1.58. The molecule has 7 heteroatoms. The first-order valence-electron chi connectivity index (χ1n) is 9.24. The first-order valence-corrected chi connectivity index (χ1v) is 10.0. The number of benzene rings is 2. The van der Waals surface area contributed by atoms with Crippen molar-refractivity contribution in [2.24, 2.45) is 5.92 Å². The van der Waals surface area contributed by atoms with E-state index in [4.69, 9.17) is 9.25 Å². The van der Waals surface area contributed by atoms with E-state index in [-0.39, 0.29) is 11.8 Å². The van der Waals surface area contributed by atoms with Crippen LogP contribution in [0.2, 0.25) is 0 Å². The van der Waals surface area contributed by atoms with E-state index >= 15 is 0 Å². The topological polar surface area (TPSA) is 63.0 Å². The van der Waals surface area contributed by atoms with Crippen molar-refractivity contribution in [3.05, 3.63) is 82.7 Å². The quantitative estimate of drug-likeness (QED) is 0.551. The van der Waals surface area contributed by atoms with Gasteiger partial charge in [0.1, 0.15) is 17.7 Å². The van der Waals surface area contributed by atoms with Crippen molar-refractivity contribution >= 4 is 39.1 Å². The van der Waals surface area contributed by atoms with Crippen molar-refractivity contribution in [1.29, 1.82) is 0 Å². The molecule has 3 heterocycles. The van der Waals surface area contributed by atoms with Gasteiger partial charge in [0.25, 0.3) is 5.91 Å². The number of furan rings is 1. The van der Waals surface area contributed by atoms with Crippen molar-refractivity contribution in [3.8, 4) is 0 Å². The summed E-state index contributed by atoms with van der Waals surface area (Å²) in [6, 6.07) is 17.8. The lowest BCUT2D eigenvalue weighted by atomic mass is 9.94. The second-order valence-corrected chi connectivity index (χ2v) is 8.03. The molecule has 29 heavy (non-hydrogen) atoms. The third-order valence-electron chi connectivity index (χ3n) is 5.39. The Hall–Kier alpha value is -2.90. The Morgan fingerprint density at radius 1 is 0.931 bits per heavy atom. The van der Waals surface area contributed by atoms with E-state index in [0.29, 0.717) is 11.4 Å². The molecule has 0 bridgehead atoms. The minimum atomic E-state index is -0.902. The summed E-state index contributed by atoms with van der Waals surface area (Å²) in [5.74, 6) is -0.772. The van der Waals surface area contributed by atoms with E-state index < -0.39 is 18.1 Å². The summed E-state index contributed by atoms with van der Waals surface area (Å²) in [5.41, 5.74) is 2.31. The molecule has 3 atom stereocenters. The van der Waals surface area contributed by atoms with Gasteiger partial charge in [-0.05, 0) is 55.0 Å². The lowest BCUT2D eigenvalue weighted by Crippen LogP contribution is -2.37. The number of hydroxylamine groups is 1. The van der Waals surface area contributed by atoms with Crippen molar-refractivity contribution in [3.63, 3.8) is 0 Å². The van der Waals surface area contributed by atoms with Gasteiger partial charge in [0.15, 0.2) is 6.10 Å². The van der Waals surface area contributed by atoms with Crippen LogP contribution in [0, 0.1) is 12.8 Å². The number of carbonyl (C=O) groups excluding carboxylic acids is 2. The molecule has 6 nitrogen and oxygen atoms in total. The molecule has 3 aromatic rings. The molecule has 0 N–H and O–H groups in total. The van der Waals surface area contributed by atoms with Crippen molar-refractivity contribution in [1.82, 2.24) is 0 Å².